The van der Waals surface area contributed by atoms with Crippen molar-refractivity contribution in [2.24, 2.45) is 5.92 Å². The second-order valence-corrected chi connectivity index (χ2v) is 5.82. The van der Waals surface area contributed by atoms with E-state index in [0.717, 1.165) is 36.1 Å². The van der Waals surface area contributed by atoms with Gasteiger partial charge in [-0.2, -0.15) is 0 Å². The number of hydrogen-bond acceptors (Lipinski definition) is 1. The third-order valence-electron chi connectivity index (χ3n) is 3.99. The smallest absolute Gasteiger partial charge is 0.254 e. The fraction of sp³-hybridized carbons (Fsp3) is 0.278. The summed E-state index contributed by atoms with van der Waals surface area (Å²) in [5.41, 5.74) is 2.04. The highest BCUT2D eigenvalue weighted by atomic mass is 19.1. The Morgan fingerprint density at radius 1 is 1.14 bits per heavy atom. The molecule has 1 aliphatic carbocycles. The van der Waals surface area contributed by atoms with Gasteiger partial charge in [-0.3, -0.25) is 4.79 Å². The number of rotatable bonds is 4. The molecule has 4 heteroatoms. The molecule has 1 N–H and O–H groups in total. The summed E-state index contributed by atoms with van der Waals surface area (Å²) in [7, 11) is 0. The molecule has 2 aromatic carbocycles. The van der Waals surface area contributed by atoms with Crippen molar-refractivity contribution < 1.29 is 13.6 Å². The molecular formula is C18H17F2NO. The monoisotopic (exact) mass is 301 g/mol. The van der Waals surface area contributed by atoms with Crippen LogP contribution in [0.3, 0.4) is 0 Å². The number of hydrogen-bond donors (Lipinski definition) is 1. The van der Waals surface area contributed by atoms with Crippen molar-refractivity contribution in [2.75, 3.05) is 0 Å². The Labute approximate surface area is 128 Å². The summed E-state index contributed by atoms with van der Waals surface area (Å²) in [4.78, 5) is 12.3. The summed E-state index contributed by atoms with van der Waals surface area (Å²) in [5, 5.41) is 2.89. The zero-order chi connectivity index (χ0) is 15.7. The van der Waals surface area contributed by atoms with Gasteiger partial charge in [0.05, 0.1) is 11.6 Å². The van der Waals surface area contributed by atoms with Crippen LogP contribution in [0.5, 0.6) is 0 Å². The molecule has 1 saturated carbocycles. The van der Waals surface area contributed by atoms with Crippen LogP contribution in [0, 0.1) is 24.5 Å². The maximum Gasteiger partial charge on any atom is 0.254 e. The van der Waals surface area contributed by atoms with E-state index in [1.54, 1.807) is 0 Å². The lowest BCUT2D eigenvalue weighted by Gasteiger charge is -2.19. The average Bonchev–Trinajstić information content (AvgIpc) is 3.30. The minimum absolute atomic E-state index is 0.126. The Hall–Kier alpha value is -2.23. The van der Waals surface area contributed by atoms with Crippen molar-refractivity contribution in [1.82, 2.24) is 5.32 Å². The third-order valence-corrected chi connectivity index (χ3v) is 3.99. The van der Waals surface area contributed by atoms with Crippen LogP contribution >= 0.6 is 0 Å². The van der Waals surface area contributed by atoms with Gasteiger partial charge in [-0.15, -0.1) is 0 Å². The lowest BCUT2D eigenvalue weighted by Crippen LogP contribution is -2.30. The molecule has 22 heavy (non-hydrogen) atoms. The summed E-state index contributed by atoms with van der Waals surface area (Å²) >= 11 is 0. The Kier molecular flexibility index (Phi) is 3.92. The molecule has 1 aliphatic rings. The van der Waals surface area contributed by atoms with E-state index >= 15 is 0 Å². The zero-order valence-corrected chi connectivity index (χ0v) is 12.3. The maximum atomic E-state index is 13.7. The van der Waals surface area contributed by atoms with E-state index in [0.29, 0.717) is 5.92 Å². The van der Waals surface area contributed by atoms with Crippen LogP contribution in [-0.2, 0) is 0 Å². The van der Waals surface area contributed by atoms with Gasteiger partial charge >= 0.3 is 0 Å². The Bertz CT molecular complexity index is 693. The molecule has 0 aliphatic heterocycles. The fourth-order valence-corrected chi connectivity index (χ4v) is 2.57. The largest absolute Gasteiger partial charge is 0.345 e. The first-order valence-electron chi connectivity index (χ1n) is 7.37. The SMILES string of the molecule is Cc1ccc(C(NC(=O)c2ccc(F)cc2F)C2CC2)cc1. The van der Waals surface area contributed by atoms with Crippen LogP contribution in [-0.4, -0.2) is 5.91 Å². The summed E-state index contributed by atoms with van der Waals surface area (Å²) in [6.45, 7) is 2.00. The van der Waals surface area contributed by atoms with Crippen LogP contribution in [0.1, 0.15) is 40.4 Å². The van der Waals surface area contributed by atoms with Gasteiger partial charge < -0.3 is 5.32 Å². The van der Waals surface area contributed by atoms with Gasteiger partial charge in [0.1, 0.15) is 11.6 Å². The first kappa shape index (κ1) is 14.7. The summed E-state index contributed by atoms with van der Waals surface area (Å²) in [5.74, 6) is -1.65. The average molecular weight is 301 g/mol. The molecule has 0 bridgehead atoms. The molecule has 0 heterocycles. The lowest BCUT2D eigenvalue weighted by atomic mass is 10.0. The molecule has 0 spiro atoms. The van der Waals surface area contributed by atoms with Crippen LogP contribution in [0.25, 0.3) is 0 Å². The predicted molar refractivity (Wildman–Crippen MR) is 80.5 cm³/mol. The summed E-state index contributed by atoms with van der Waals surface area (Å²) in [6, 6.07) is 10.8. The molecular weight excluding hydrogens is 284 g/mol. The third kappa shape index (κ3) is 3.16. The highest BCUT2D eigenvalue weighted by molar-refractivity contribution is 5.94. The highest BCUT2D eigenvalue weighted by Crippen LogP contribution is 2.41. The molecule has 1 amide bonds. The normalized spacial score (nSPS) is 15.4. The Morgan fingerprint density at radius 3 is 2.41 bits per heavy atom. The first-order valence-corrected chi connectivity index (χ1v) is 7.37. The van der Waals surface area contributed by atoms with Gasteiger partial charge in [0.2, 0.25) is 0 Å². The van der Waals surface area contributed by atoms with Gasteiger partial charge in [-0.25, -0.2) is 8.78 Å². The van der Waals surface area contributed by atoms with E-state index in [2.05, 4.69) is 5.32 Å². The fourth-order valence-electron chi connectivity index (χ4n) is 2.57. The molecule has 3 rings (SSSR count). The number of carbonyl (C=O) groups is 1. The predicted octanol–water partition coefficient (Wildman–Crippen LogP) is 4.15. The van der Waals surface area contributed by atoms with Gasteiger partial charge in [0, 0.05) is 6.07 Å². The van der Waals surface area contributed by atoms with E-state index in [-0.39, 0.29) is 11.6 Å². The molecule has 1 atom stereocenters. The molecule has 1 unspecified atom stereocenters. The zero-order valence-electron chi connectivity index (χ0n) is 12.3. The topological polar surface area (TPSA) is 29.1 Å². The number of aryl methyl sites for hydroxylation is 1. The van der Waals surface area contributed by atoms with Crippen molar-refractivity contribution in [3.63, 3.8) is 0 Å². The van der Waals surface area contributed by atoms with E-state index in [4.69, 9.17) is 0 Å². The van der Waals surface area contributed by atoms with Crippen LogP contribution in [0.2, 0.25) is 0 Å². The lowest BCUT2D eigenvalue weighted by molar-refractivity contribution is 0.0927. The van der Waals surface area contributed by atoms with Crippen molar-refractivity contribution in [1.29, 1.82) is 0 Å². The molecule has 1 fully saturated rings. The van der Waals surface area contributed by atoms with E-state index < -0.39 is 17.5 Å². The second-order valence-electron chi connectivity index (χ2n) is 5.82. The minimum atomic E-state index is -0.837. The van der Waals surface area contributed by atoms with E-state index in [1.165, 1.54) is 6.07 Å². The number of halogens is 2. The number of amides is 1. The number of carbonyl (C=O) groups excluding carboxylic acids is 1. The van der Waals surface area contributed by atoms with Gasteiger partial charge in [-0.1, -0.05) is 29.8 Å². The molecule has 114 valence electrons. The summed E-state index contributed by atoms with van der Waals surface area (Å²) in [6.07, 6.45) is 2.09. The molecule has 0 aromatic heterocycles. The molecule has 2 nitrogen and oxygen atoms in total. The van der Waals surface area contributed by atoms with Crippen molar-refractivity contribution in [3.05, 3.63) is 70.8 Å². The number of nitrogens with one attached hydrogen (secondary N) is 1. The van der Waals surface area contributed by atoms with Crippen molar-refractivity contribution in [3.8, 4) is 0 Å². The summed E-state index contributed by atoms with van der Waals surface area (Å²) < 4.78 is 26.7. The van der Waals surface area contributed by atoms with Crippen LogP contribution in [0.4, 0.5) is 8.78 Å². The van der Waals surface area contributed by atoms with Gasteiger partial charge in [0.25, 0.3) is 5.91 Å². The van der Waals surface area contributed by atoms with Crippen LogP contribution < -0.4 is 5.32 Å². The molecule has 2 aromatic rings. The highest BCUT2D eigenvalue weighted by Gasteiger charge is 2.33. The minimum Gasteiger partial charge on any atom is -0.345 e. The number of benzene rings is 2. The van der Waals surface area contributed by atoms with Gasteiger partial charge in [0.15, 0.2) is 0 Å². The van der Waals surface area contributed by atoms with E-state index in [9.17, 15) is 13.6 Å². The van der Waals surface area contributed by atoms with Crippen molar-refractivity contribution in [2.45, 2.75) is 25.8 Å². The molecule has 0 saturated heterocycles. The van der Waals surface area contributed by atoms with Crippen LogP contribution in [0.15, 0.2) is 42.5 Å². The van der Waals surface area contributed by atoms with E-state index in [1.807, 2.05) is 31.2 Å². The Balaban J connectivity index is 1.82. The van der Waals surface area contributed by atoms with Gasteiger partial charge in [-0.05, 0) is 43.4 Å². The first-order chi connectivity index (χ1) is 10.5. The Morgan fingerprint density at radius 2 is 1.82 bits per heavy atom. The standard InChI is InChI=1S/C18H17F2NO/c1-11-2-4-12(5-3-11)17(13-6-7-13)21-18(22)15-9-8-14(19)10-16(15)20/h2-5,8-10,13,17H,6-7H2,1H3,(H,21,22). The quantitative estimate of drug-likeness (QED) is 0.903. The second kappa shape index (κ2) is 5.87. The van der Waals surface area contributed by atoms with Crippen molar-refractivity contribution >= 4 is 5.91 Å². The maximum absolute atomic E-state index is 13.7. The molecule has 0 radical (unpaired) electrons.